The summed E-state index contributed by atoms with van der Waals surface area (Å²) in [4.78, 5) is 255. The second kappa shape index (κ2) is 53.5. The molecule has 2 aromatic heterocycles. The number of hydrogen-bond donors (Lipinski definition) is 30. The van der Waals surface area contributed by atoms with Gasteiger partial charge in [-0.15, -0.1) is 0 Å². The van der Waals surface area contributed by atoms with Crippen molar-refractivity contribution in [1.29, 1.82) is 10.8 Å². The highest BCUT2D eigenvalue weighted by Crippen LogP contribution is 2.23. The Morgan fingerprint density at radius 3 is 1.11 bits per heavy atom. The number of aromatic hydroxyl groups is 1. The number of H-pyrrole nitrogens is 2. The third-order valence-corrected chi connectivity index (χ3v) is 21.4. The molecular formula is C85H115N23O23S2. The van der Waals surface area contributed by atoms with Gasteiger partial charge < -0.3 is 138 Å². The Morgan fingerprint density at radius 2 is 0.714 bits per heavy atom. The van der Waals surface area contributed by atoms with E-state index in [1.54, 1.807) is 85.1 Å². The number of carboxylic acids is 3. The fourth-order valence-corrected chi connectivity index (χ4v) is 14.2. The van der Waals surface area contributed by atoms with Crippen LogP contribution in [0.3, 0.4) is 0 Å². The molecule has 0 spiro atoms. The number of para-hydroxylation sites is 2. The van der Waals surface area contributed by atoms with Gasteiger partial charge in [-0.3, -0.25) is 97.1 Å². The Kier molecular flexibility index (Phi) is 43.1. The van der Waals surface area contributed by atoms with Crippen LogP contribution in [0.1, 0.15) is 108 Å². The molecule has 0 radical (unpaired) electrons. The van der Waals surface area contributed by atoms with Crippen LogP contribution in [0.25, 0.3) is 21.8 Å². The first-order valence-corrected chi connectivity index (χ1v) is 43.4. The van der Waals surface area contributed by atoms with E-state index < -0.39 is 272 Å². The van der Waals surface area contributed by atoms with Crippen molar-refractivity contribution in [2.45, 2.75) is 196 Å². The van der Waals surface area contributed by atoms with E-state index in [1.807, 2.05) is 0 Å². The zero-order valence-electron chi connectivity index (χ0n) is 73.1. The van der Waals surface area contributed by atoms with Crippen molar-refractivity contribution in [3.63, 3.8) is 0 Å². The van der Waals surface area contributed by atoms with E-state index in [2.05, 4.69) is 120 Å². The molecule has 0 saturated carbocycles. The number of rotatable bonds is 56. The van der Waals surface area contributed by atoms with Crippen LogP contribution in [-0.2, 0) is 112 Å². The number of carbonyl (C=O) groups excluding carboxylic acids is 15. The first-order valence-electron chi connectivity index (χ1n) is 42.2. The normalized spacial score (nSPS) is 14.2. The molecular weight excluding hydrogens is 1780 g/mol. The molecule has 0 aliphatic rings. The number of aromatic nitrogens is 2. The average molecular weight is 1890 g/mol. The molecule has 4 aromatic carbocycles. The summed E-state index contributed by atoms with van der Waals surface area (Å²) < 4.78 is 0. The van der Waals surface area contributed by atoms with Crippen LogP contribution in [0.15, 0.2) is 116 Å². The molecule has 6 rings (SSSR count). The van der Waals surface area contributed by atoms with E-state index in [0.29, 0.717) is 38.5 Å². The number of nitrogens with one attached hydrogen (secondary N) is 20. The number of nitrogens with two attached hydrogens (primary N) is 3. The summed E-state index contributed by atoms with van der Waals surface area (Å²) in [6.45, 7) is 4.39. The molecule has 720 valence electrons. The molecule has 6 aromatic rings. The van der Waals surface area contributed by atoms with Gasteiger partial charge >= 0.3 is 17.9 Å². The summed E-state index contributed by atoms with van der Waals surface area (Å²) >= 11 is 8.60. The van der Waals surface area contributed by atoms with Crippen molar-refractivity contribution in [2.75, 3.05) is 31.1 Å². The zero-order valence-corrected chi connectivity index (χ0v) is 74.9. The number of fused-ring (bicyclic) bond motifs is 2. The quantitative estimate of drug-likeness (QED) is 0.00737. The fourth-order valence-electron chi connectivity index (χ4n) is 13.7. The number of hydrogen-bond acceptors (Lipinski definition) is 24. The average Bonchev–Trinajstić information content (AvgIpc) is 1.68. The smallest absolute Gasteiger partial charge is 0.305 e. The number of aliphatic carboxylic acids is 3. The Morgan fingerprint density at radius 1 is 0.376 bits per heavy atom. The maximum Gasteiger partial charge on any atom is 0.305 e. The Balaban J connectivity index is 1.28. The Hall–Kier alpha value is -14.6. The van der Waals surface area contributed by atoms with Crippen molar-refractivity contribution in [3.8, 4) is 5.75 Å². The first kappa shape index (κ1) is 107. The standard InChI is InChI=1S/C85H115N23O23S2/c1-42(2)69(107-81(129)64(41-133)106-73(121)55(21-13-31-92-85(89)90)98-79(127)62(36-68(117)118)96-44(4)110)82(130)108-70(43(3)109)83(131)104-61(35-48-38-94-53-19-11-9-17-51(48)53)78(126)100-57(27-29-67(115)116)75(123)105-63(40-132)80(128)102-59(33-46-22-24-49(111)25-23-46)76(124)103-60(34-47-37-93-52-18-10-8-16-50(47)52)77(125)97-54(20-12-30-91-84(87)88)72(120)99-56(26-28-66(113)114)74(122)101-58(71(119)95-39-65(86)112)32-45-14-6-5-7-15-45/h5-11,14-19,22-25,37-38,42-43,54-64,69-70,93-94,109,111,132-133H,12-13,20-21,26-36,39-41H2,1-4H3,(H2,86,112)(H,95,119)(H,96,110)(H,97,125)(H,98,127)(H,99,120)(H,100,126)(H,101,122)(H,102,128)(H,103,124)(H,104,131)(H,105,123)(H,106,121)(H,107,129)(H,108,130)(H,113,114)(H,115,116)(H,117,118)(H4,87,88,91)(H4,89,90,92)/t43-,54+,55+,56+,57+,58+,59+,60+,61+,62+,63+,64+,69+,70+/m1/s1. The first-order chi connectivity index (χ1) is 63.0. The molecule has 0 unspecified atom stereocenters. The Bertz CT molecular complexity index is 5120. The van der Waals surface area contributed by atoms with Crippen LogP contribution in [0.5, 0.6) is 5.75 Å². The molecule has 133 heavy (non-hydrogen) atoms. The lowest BCUT2D eigenvalue weighted by Gasteiger charge is -2.30. The van der Waals surface area contributed by atoms with Crippen LogP contribution in [0, 0.1) is 16.7 Å². The largest absolute Gasteiger partial charge is 0.508 e. The molecule has 0 bridgehead atoms. The second-order valence-corrected chi connectivity index (χ2v) is 32.2. The zero-order chi connectivity index (χ0) is 98.3. The van der Waals surface area contributed by atoms with E-state index in [9.17, 15) is 97.5 Å². The van der Waals surface area contributed by atoms with Crippen molar-refractivity contribution in [3.05, 3.63) is 138 Å². The lowest BCUT2D eigenvalue weighted by molar-refractivity contribution is -0.141. The van der Waals surface area contributed by atoms with Gasteiger partial charge in [0.25, 0.3) is 0 Å². The third kappa shape index (κ3) is 36.0. The number of primary amides is 1. The molecule has 15 amide bonds. The summed E-state index contributed by atoms with van der Waals surface area (Å²) in [5, 5.41) is 107. The molecule has 2 heterocycles. The number of aliphatic hydroxyl groups is 1. The van der Waals surface area contributed by atoms with E-state index in [-0.39, 0.29) is 62.9 Å². The topological polar surface area (TPSA) is 758 Å². The number of phenolic OH excluding ortho intramolecular Hbond substituents is 1. The molecule has 0 fully saturated rings. The highest BCUT2D eigenvalue weighted by molar-refractivity contribution is 7.80. The number of thiol groups is 2. The SMILES string of the molecule is CC(=O)N[C@@H](CC(=O)O)C(=O)N[C@@H](CCCNC(=N)N)C(=O)N[C@@H](CS)C(=O)N[C@H](C(=O)N[C@H](C(=O)N[C@@H](Cc1c[nH]c2ccccc12)C(=O)N[C@@H](CCC(=O)O)C(=O)N[C@@H](CS)C(=O)N[C@@H](Cc1ccc(O)cc1)C(=O)N[C@@H](Cc1c[nH]c2ccccc12)C(=O)N[C@@H](CCCNC(=N)N)C(=O)N[C@@H](CCC(=O)O)C(=O)N[C@@H](Cc1ccccc1)C(=O)NCC(N)=O)[C@@H](C)O)C(C)C. The van der Waals surface area contributed by atoms with E-state index >= 15 is 14.4 Å². The van der Waals surface area contributed by atoms with Gasteiger partial charge in [-0.2, -0.15) is 25.3 Å². The number of carboxylic acid groups (broad SMARTS) is 3. The van der Waals surface area contributed by atoms with Gasteiger partial charge in [0.1, 0.15) is 84.3 Å². The molecule has 0 aliphatic heterocycles. The van der Waals surface area contributed by atoms with E-state index in [0.717, 1.165) is 13.8 Å². The van der Waals surface area contributed by atoms with Crippen LogP contribution in [-0.4, -0.2) is 270 Å². The van der Waals surface area contributed by atoms with E-state index in [4.69, 9.17) is 28.0 Å². The minimum absolute atomic E-state index is 0.00583. The number of aromatic amines is 2. The summed E-state index contributed by atoms with van der Waals surface area (Å²) in [6, 6.07) is 4.96. The molecule has 48 heteroatoms. The van der Waals surface area contributed by atoms with Crippen molar-refractivity contribution >= 4 is 165 Å². The van der Waals surface area contributed by atoms with Gasteiger partial charge in [-0.25, -0.2) is 0 Å². The van der Waals surface area contributed by atoms with Crippen molar-refractivity contribution < 1.29 is 112 Å². The fraction of sp³-hybridized carbons (Fsp3) is 0.435. The third-order valence-electron chi connectivity index (χ3n) is 20.6. The summed E-state index contributed by atoms with van der Waals surface area (Å²) in [7, 11) is 0. The van der Waals surface area contributed by atoms with Crippen LogP contribution < -0.4 is 102 Å². The predicted molar refractivity (Wildman–Crippen MR) is 487 cm³/mol. The monoisotopic (exact) mass is 1890 g/mol. The Labute approximate surface area is 773 Å². The van der Waals surface area contributed by atoms with Crippen molar-refractivity contribution in [1.82, 2.24) is 95.0 Å². The van der Waals surface area contributed by atoms with Crippen molar-refractivity contribution in [2.24, 2.45) is 23.1 Å². The molecule has 0 aliphatic carbocycles. The second-order valence-electron chi connectivity index (χ2n) is 31.5. The van der Waals surface area contributed by atoms with Gasteiger partial charge in [0.15, 0.2) is 11.9 Å². The summed E-state index contributed by atoms with van der Waals surface area (Å²) in [5.41, 5.74) is 19.0. The maximum atomic E-state index is 15.3. The van der Waals surface area contributed by atoms with Crippen LogP contribution in [0.4, 0.5) is 0 Å². The predicted octanol–water partition coefficient (Wildman–Crippen LogP) is -4.82. The highest BCUT2D eigenvalue weighted by Gasteiger charge is 2.40. The minimum atomic E-state index is -1.98. The summed E-state index contributed by atoms with van der Waals surface area (Å²) in [6.07, 6.45) is -4.39. The van der Waals surface area contributed by atoms with Crippen LogP contribution >= 0.6 is 25.3 Å². The van der Waals surface area contributed by atoms with E-state index in [1.165, 1.54) is 44.3 Å². The highest BCUT2D eigenvalue weighted by atomic mass is 32.1. The summed E-state index contributed by atoms with van der Waals surface area (Å²) in [5.74, 6) is -23.3. The molecule has 0 saturated heterocycles. The number of carbonyl (C=O) groups is 18. The number of aliphatic hydroxyl groups excluding tert-OH is 1. The van der Waals surface area contributed by atoms with Gasteiger partial charge in [0.05, 0.1) is 19.1 Å². The molecule has 14 atom stereocenters. The lowest BCUT2D eigenvalue weighted by Crippen LogP contribution is -2.63. The maximum absolute atomic E-state index is 15.3. The van der Waals surface area contributed by atoms with Crippen LogP contribution in [0.2, 0.25) is 0 Å². The molecule has 31 N–H and O–H groups in total. The number of amides is 15. The van der Waals surface area contributed by atoms with Gasteiger partial charge in [0, 0.05) is 104 Å². The van der Waals surface area contributed by atoms with Gasteiger partial charge in [-0.05, 0) is 97.9 Å². The number of benzene rings is 4. The number of guanidine groups is 2. The van der Waals surface area contributed by atoms with Gasteiger partial charge in [-0.1, -0.05) is 92.7 Å². The number of phenols is 1. The molecule has 46 nitrogen and oxygen atoms in total. The van der Waals surface area contributed by atoms with Gasteiger partial charge in [0.2, 0.25) is 88.6 Å². The minimum Gasteiger partial charge on any atom is -0.508 e. The lowest BCUT2D eigenvalue weighted by atomic mass is 10.0.